The summed E-state index contributed by atoms with van der Waals surface area (Å²) in [7, 11) is 1.52. The minimum Gasteiger partial charge on any atom is -0.507 e. The monoisotopic (exact) mass is 604 g/mol. The smallest absolute Gasteiger partial charge is 0.305 e. The maximum absolute atomic E-state index is 12.6. The molecule has 3 rings (SSSR count). The Kier molecular flexibility index (Phi) is 11.3. The molecule has 0 bridgehead atoms. The molecule has 0 radical (unpaired) electrons. The summed E-state index contributed by atoms with van der Waals surface area (Å²) < 4.78 is 43.1. The fraction of sp³-hybridized carbons (Fsp3) is 0.414. The van der Waals surface area contributed by atoms with Crippen LogP contribution >= 0.6 is 0 Å². The second kappa shape index (κ2) is 14.9. The lowest BCUT2D eigenvalue weighted by Crippen LogP contribution is -2.63. The molecule has 14 heteroatoms. The second-order valence-corrected chi connectivity index (χ2v) is 9.25. The molecule has 43 heavy (non-hydrogen) atoms. The summed E-state index contributed by atoms with van der Waals surface area (Å²) in [6.45, 7) is 3.63. The first kappa shape index (κ1) is 32.7. The number of ketones is 1. The van der Waals surface area contributed by atoms with Gasteiger partial charge in [-0.05, 0) is 36.4 Å². The van der Waals surface area contributed by atoms with Gasteiger partial charge >= 0.3 is 23.9 Å². The number of phenolic OH excluding ortho intramolecular Hbond substituents is 1. The van der Waals surface area contributed by atoms with Gasteiger partial charge in [-0.15, -0.1) is 0 Å². The van der Waals surface area contributed by atoms with Crippen LogP contribution in [0.25, 0.3) is 0 Å². The quantitative estimate of drug-likeness (QED) is 0.211. The lowest BCUT2D eigenvalue weighted by Gasteiger charge is -2.43. The highest BCUT2D eigenvalue weighted by Crippen LogP contribution is 2.31. The van der Waals surface area contributed by atoms with Crippen molar-refractivity contribution in [3.05, 3.63) is 48.0 Å². The molecular formula is C29H32O14. The Morgan fingerprint density at radius 2 is 1.23 bits per heavy atom. The number of hydrogen-bond acceptors (Lipinski definition) is 14. The van der Waals surface area contributed by atoms with Crippen molar-refractivity contribution in [2.24, 2.45) is 0 Å². The molecule has 0 amide bonds. The Balaban J connectivity index is 1.76. The zero-order chi connectivity index (χ0) is 31.7. The van der Waals surface area contributed by atoms with Gasteiger partial charge in [0.2, 0.25) is 18.2 Å². The highest BCUT2D eigenvalue weighted by Gasteiger charge is 2.53. The van der Waals surface area contributed by atoms with Crippen LogP contribution in [0.15, 0.2) is 42.5 Å². The van der Waals surface area contributed by atoms with Crippen molar-refractivity contribution in [1.82, 2.24) is 0 Å². The first-order valence-corrected chi connectivity index (χ1v) is 13.0. The summed E-state index contributed by atoms with van der Waals surface area (Å²) in [5, 5.41) is 10.5. The van der Waals surface area contributed by atoms with Crippen LogP contribution in [0.5, 0.6) is 23.0 Å². The van der Waals surface area contributed by atoms with Crippen molar-refractivity contribution >= 4 is 29.7 Å². The van der Waals surface area contributed by atoms with Crippen LogP contribution in [-0.2, 0) is 42.9 Å². The standard InChI is InChI=1S/C29H32O14/c1-15(30)39-26-25(43-29(42-18(4)33)28(41-17(3)32)27(26)40-16(2)31)14-38-21-10-11-22(23(34)12-21)24(35)13-37-20-8-6-19(36-5)7-9-20/h6-12,25-29,34H,13-14H2,1-5H3/t25-,26-,27+,28-,29-/m0/s1. The molecule has 2 aromatic rings. The van der Waals surface area contributed by atoms with E-state index in [0.29, 0.717) is 11.5 Å². The Labute approximate surface area is 246 Å². The van der Waals surface area contributed by atoms with Gasteiger partial charge in [-0.1, -0.05) is 0 Å². The van der Waals surface area contributed by atoms with Crippen LogP contribution in [0.3, 0.4) is 0 Å². The number of rotatable bonds is 12. The van der Waals surface area contributed by atoms with Crippen molar-refractivity contribution in [1.29, 1.82) is 0 Å². The van der Waals surface area contributed by atoms with E-state index in [1.165, 1.54) is 25.3 Å². The molecular weight excluding hydrogens is 572 g/mol. The van der Waals surface area contributed by atoms with Gasteiger partial charge in [0.05, 0.1) is 12.7 Å². The largest absolute Gasteiger partial charge is 0.507 e. The fourth-order valence-corrected chi connectivity index (χ4v) is 4.16. The van der Waals surface area contributed by atoms with Crippen molar-refractivity contribution in [3.8, 4) is 23.0 Å². The minimum absolute atomic E-state index is 0.0263. The van der Waals surface area contributed by atoms with Crippen molar-refractivity contribution in [2.75, 3.05) is 20.3 Å². The Bertz CT molecular complexity index is 1320. The number of carbonyl (C=O) groups excluding carboxylic acids is 5. The highest BCUT2D eigenvalue weighted by atomic mass is 16.7. The first-order chi connectivity index (χ1) is 20.4. The number of aromatic hydroxyl groups is 1. The minimum atomic E-state index is -1.55. The molecule has 0 unspecified atom stereocenters. The molecule has 0 saturated carbocycles. The third-order valence-electron chi connectivity index (χ3n) is 5.89. The van der Waals surface area contributed by atoms with E-state index in [-0.39, 0.29) is 24.5 Å². The SMILES string of the molecule is COc1ccc(OCC(=O)c2ccc(OC[C@@H]3O[C@H](OC(C)=O)[C@@H](OC(C)=O)[C@H](OC(C)=O)[C@H]3OC(C)=O)cc2O)cc1. The first-order valence-electron chi connectivity index (χ1n) is 13.0. The molecule has 0 spiro atoms. The van der Waals surface area contributed by atoms with Gasteiger partial charge in [-0.3, -0.25) is 24.0 Å². The van der Waals surface area contributed by atoms with E-state index >= 15 is 0 Å². The molecule has 5 atom stereocenters. The van der Waals surface area contributed by atoms with Gasteiger partial charge in [0, 0.05) is 33.8 Å². The van der Waals surface area contributed by atoms with Crippen molar-refractivity contribution < 1.29 is 67.0 Å². The Hall–Kier alpha value is -4.85. The number of ether oxygens (including phenoxy) is 8. The van der Waals surface area contributed by atoms with Crippen LogP contribution in [0.2, 0.25) is 0 Å². The average Bonchev–Trinajstić information content (AvgIpc) is 2.93. The molecule has 1 heterocycles. The number of Topliss-reactive ketones (excluding diaryl/α,β-unsaturated/α-hetero) is 1. The third-order valence-corrected chi connectivity index (χ3v) is 5.89. The third kappa shape index (κ3) is 9.33. The summed E-state index contributed by atoms with van der Waals surface area (Å²) in [5.41, 5.74) is -0.0263. The Morgan fingerprint density at radius 3 is 1.79 bits per heavy atom. The number of hydrogen-bond donors (Lipinski definition) is 1. The molecule has 1 N–H and O–H groups in total. The molecule has 1 fully saturated rings. The Morgan fingerprint density at radius 1 is 0.698 bits per heavy atom. The topological polar surface area (TPSA) is 179 Å². The predicted molar refractivity (Wildman–Crippen MR) is 144 cm³/mol. The van der Waals surface area contributed by atoms with Gasteiger partial charge in [0.1, 0.15) is 35.7 Å². The zero-order valence-corrected chi connectivity index (χ0v) is 24.1. The van der Waals surface area contributed by atoms with E-state index in [0.717, 1.165) is 27.7 Å². The summed E-state index contributed by atoms with van der Waals surface area (Å²) >= 11 is 0. The van der Waals surface area contributed by atoms with Gasteiger partial charge in [-0.2, -0.15) is 0 Å². The average molecular weight is 605 g/mol. The maximum atomic E-state index is 12.6. The van der Waals surface area contributed by atoms with Gasteiger partial charge in [-0.25, -0.2) is 0 Å². The van der Waals surface area contributed by atoms with Crippen LogP contribution in [0.1, 0.15) is 38.1 Å². The lowest BCUT2D eigenvalue weighted by atomic mass is 9.98. The van der Waals surface area contributed by atoms with E-state index in [1.807, 2.05) is 0 Å². The second-order valence-electron chi connectivity index (χ2n) is 9.25. The summed E-state index contributed by atoms with van der Waals surface area (Å²) in [6, 6.07) is 10.5. The fourth-order valence-electron chi connectivity index (χ4n) is 4.16. The molecule has 1 aliphatic heterocycles. The number of benzene rings is 2. The highest BCUT2D eigenvalue weighted by molar-refractivity contribution is 5.99. The summed E-state index contributed by atoms with van der Waals surface area (Å²) in [5.74, 6) is -2.94. The predicted octanol–water partition coefficient (Wildman–Crippen LogP) is 2.12. The number of esters is 4. The number of carbonyl (C=O) groups is 5. The molecule has 0 aromatic heterocycles. The summed E-state index contributed by atoms with van der Waals surface area (Å²) in [6.07, 6.45) is -7.03. The summed E-state index contributed by atoms with van der Waals surface area (Å²) in [4.78, 5) is 60.0. The molecule has 1 aliphatic rings. The van der Waals surface area contributed by atoms with E-state index < -0.39 is 66.1 Å². The zero-order valence-electron chi connectivity index (χ0n) is 24.1. The normalized spacial score (nSPS) is 21.1. The van der Waals surface area contributed by atoms with Crippen LogP contribution in [0.4, 0.5) is 0 Å². The lowest BCUT2D eigenvalue weighted by molar-refractivity contribution is -0.298. The van der Waals surface area contributed by atoms with Crippen LogP contribution in [-0.4, -0.2) is 85.8 Å². The van der Waals surface area contributed by atoms with Crippen LogP contribution in [0, 0.1) is 0 Å². The van der Waals surface area contributed by atoms with E-state index in [9.17, 15) is 29.1 Å². The maximum Gasteiger partial charge on any atom is 0.305 e. The van der Waals surface area contributed by atoms with E-state index in [2.05, 4.69) is 0 Å². The van der Waals surface area contributed by atoms with Crippen LogP contribution < -0.4 is 14.2 Å². The van der Waals surface area contributed by atoms with Gasteiger partial charge in [0.15, 0.2) is 18.8 Å². The molecule has 232 valence electrons. The van der Waals surface area contributed by atoms with Crippen molar-refractivity contribution in [2.45, 2.75) is 58.4 Å². The molecule has 1 saturated heterocycles. The van der Waals surface area contributed by atoms with Gasteiger partial charge in [0.25, 0.3) is 0 Å². The van der Waals surface area contributed by atoms with E-state index in [1.54, 1.807) is 24.3 Å². The number of methoxy groups -OCH3 is 1. The van der Waals surface area contributed by atoms with Gasteiger partial charge < -0.3 is 43.0 Å². The molecule has 0 aliphatic carbocycles. The van der Waals surface area contributed by atoms with E-state index in [4.69, 9.17) is 37.9 Å². The molecule has 14 nitrogen and oxygen atoms in total. The van der Waals surface area contributed by atoms with Crippen molar-refractivity contribution in [3.63, 3.8) is 0 Å². The molecule has 2 aromatic carbocycles. The number of phenols is 1.